The van der Waals surface area contributed by atoms with E-state index in [4.69, 9.17) is 15.1 Å². The molecule has 0 saturated carbocycles. The van der Waals surface area contributed by atoms with Crippen LogP contribution in [0, 0.1) is 18.3 Å². The van der Waals surface area contributed by atoms with Crippen LogP contribution in [-0.4, -0.2) is 5.11 Å². The summed E-state index contributed by atoms with van der Waals surface area (Å²) in [5, 5.41) is 18.0. The van der Waals surface area contributed by atoms with E-state index in [1.807, 2.05) is 37.3 Å². The first kappa shape index (κ1) is 12.2. The van der Waals surface area contributed by atoms with E-state index in [2.05, 4.69) is 0 Å². The molecule has 2 rings (SSSR count). The van der Waals surface area contributed by atoms with Crippen molar-refractivity contribution < 1.29 is 9.84 Å². The Labute approximate surface area is 106 Å². The number of benzene rings is 2. The highest BCUT2D eigenvalue weighted by Crippen LogP contribution is 2.24. The van der Waals surface area contributed by atoms with Gasteiger partial charge in [-0.1, -0.05) is 18.2 Å². The zero-order valence-corrected chi connectivity index (χ0v) is 10.1. The second-order valence-electron chi connectivity index (χ2n) is 4.01. The van der Waals surface area contributed by atoms with Crippen molar-refractivity contribution in [3.05, 3.63) is 59.2 Å². The monoisotopic (exact) mass is 239 g/mol. The molecule has 0 amide bonds. The van der Waals surface area contributed by atoms with E-state index in [9.17, 15) is 0 Å². The Morgan fingerprint density at radius 3 is 2.61 bits per heavy atom. The van der Waals surface area contributed by atoms with Crippen LogP contribution in [0.1, 0.15) is 16.7 Å². The summed E-state index contributed by atoms with van der Waals surface area (Å²) in [7, 11) is 0. The van der Waals surface area contributed by atoms with Crippen LogP contribution in [0.15, 0.2) is 42.5 Å². The van der Waals surface area contributed by atoms with Crippen LogP contribution in [-0.2, 0) is 6.61 Å². The molecule has 18 heavy (non-hydrogen) atoms. The van der Waals surface area contributed by atoms with Gasteiger partial charge in [0.2, 0.25) is 0 Å². The SMILES string of the molecule is Cc1cccc(Oc2ccc(CO)c(C#N)c2)c1. The number of ether oxygens (including phenoxy) is 1. The summed E-state index contributed by atoms with van der Waals surface area (Å²) < 4.78 is 5.67. The smallest absolute Gasteiger partial charge is 0.128 e. The van der Waals surface area contributed by atoms with Crippen molar-refractivity contribution in [3.8, 4) is 17.6 Å². The molecule has 0 fully saturated rings. The maximum Gasteiger partial charge on any atom is 0.128 e. The van der Waals surface area contributed by atoms with Gasteiger partial charge >= 0.3 is 0 Å². The maximum atomic E-state index is 9.07. The van der Waals surface area contributed by atoms with Gasteiger partial charge in [0.15, 0.2) is 0 Å². The van der Waals surface area contributed by atoms with Gasteiger partial charge in [0.25, 0.3) is 0 Å². The first-order valence-corrected chi connectivity index (χ1v) is 5.61. The second kappa shape index (κ2) is 5.35. The molecule has 0 unspecified atom stereocenters. The lowest BCUT2D eigenvalue weighted by molar-refractivity contribution is 0.281. The molecule has 0 radical (unpaired) electrons. The number of hydrogen-bond donors (Lipinski definition) is 1. The van der Waals surface area contributed by atoms with E-state index >= 15 is 0 Å². The average molecular weight is 239 g/mol. The highest BCUT2D eigenvalue weighted by Gasteiger charge is 2.04. The first-order chi connectivity index (χ1) is 8.72. The highest BCUT2D eigenvalue weighted by atomic mass is 16.5. The third-order valence-corrected chi connectivity index (χ3v) is 2.60. The van der Waals surface area contributed by atoms with Crippen LogP contribution in [0.5, 0.6) is 11.5 Å². The van der Waals surface area contributed by atoms with Gasteiger partial charge in [-0.15, -0.1) is 0 Å². The Bertz CT molecular complexity index is 600. The van der Waals surface area contributed by atoms with E-state index in [1.54, 1.807) is 18.2 Å². The topological polar surface area (TPSA) is 53.2 Å². The minimum Gasteiger partial charge on any atom is -0.457 e. The van der Waals surface area contributed by atoms with Crippen molar-refractivity contribution in [2.75, 3.05) is 0 Å². The molecule has 0 atom stereocenters. The van der Waals surface area contributed by atoms with Crippen molar-refractivity contribution in [2.24, 2.45) is 0 Å². The molecular formula is C15H13NO2. The van der Waals surface area contributed by atoms with Crippen molar-refractivity contribution in [1.29, 1.82) is 5.26 Å². The molecular weight excluding hydrogens is 226 g/mol. The Morgan fingerprint density at radius 2 is 1.94 bits per heavy atom. The van der Waals surface area contributed by atoms with Gasteiger partial charge in [-0.25, -0.2) is 0 Å². The molecule has 0 aliphatic heterocycles. The Hall–Kier alpha value is -2.31. The van der Waals surface area contributed by atoms with Crippen molar-refractivity contribution in [3.63, 3.8) is 0 Å². The standard InChI is InChI=1S/C15H13NO2/c1-11-3-2-4-14(7-11)18-15-6-5-12(10-17)13(8-15)9-16/h2-8,17H,10H2,1H3. The summed E-state index contributed by atoms with van der Waals surface area (Å²) in [5.41, 5.74) is 2.15. The van der Waals surface area contributed by atoms with Gasteiger partial charge in [-0.3, -0.25) is 0 Å². The van der Waals surface area contributed by atoms with Gasteiger partial charge in [0.05, 0.1) is 18.2 Å². The lowest BCUT2D eigenvalue weighted by Crippen LogP contribution is -1.91. The van der Waals surface area contributed by atoms with Gasteiger partial charge in [0, 0.05) is 0 Å². The van der Waals surface area contributed by atoms with Gasteiger partial charge in [-0.2, -0.15) is 5.26 Å². The lowest BCUT2D eigenvalue weighted by atomic mass is 10.1. The molecule has 3 heteroatoms. The number of rotatable bonds is 3. The molecule has 1 N–H and O–H groups in total. The molecule has 0 aromatic heterocycles. The average Bonchev–Trinajstić information content (AvgIpc) is 2.38. The van der Waals surface area contributed by atoms with Gasteiger partial charge in [0.1, 0.15) is 11.5 Å². The second-order valence-corrected chi connectivity index (χ2v) is 4.01. The maximum absolute atomic E-state index is 9.07. The van der Waals surface area contributed by atoms with Crippen LogP contribution in [0.3, 0.4) is 0 Å². The number of nitriles is 1. The highest BCUT2D eigenvalue weighted by molar-refractivity contribution is 5.44. The molecule has 3 nitrogen and oxygen atoms in total. The fourth-order valence-corrected chi connectivity index (χ4v) is 1.68. The molecule has 0 spiro atoms. The predicted octanol–water partition coefficient (Wildman–Crippen LogP) is 3.15. The fourth-order valence-electron chi connectivity index (χ4n) is 1.68. The van der Waals surface area contributed by atoms with Crippen LogP contribution < -0.4 is 4.74 Å². The molecule has 0 bridgehead atoms. The van der Waals surface area contributed by atoms with E-state index in [0.29, 0.717) is 16.9 Å². The van der Waals surface area contributed by atoms with E-state index in [1.165, 1.54) is 0 Å². The van der Waals surface area contributed by atoms with Gasteiger partial charge in [-0.05, 0) is 42.3 Å². The predicted molar refractivity (Wildman–Crippen MR) is 68.3 cm³/mol. The van der Waals surface area contributed by atoms with Crippen molar-refractivity contribution >= 4 is 0 Å². The van der Waals surface area contributed by atoms with E-state index in [-0.39, 0.29) is 6.61 Å². The minimum atomic E-state index is -0.145. The van der Waals surface area contributed by atoms with E-state index < -0.39 is 0 Å². The van der Waals surface area contributed by atoms with Crippen LogP contribution in [0.2, 0.25) is 0 Å². The Balaban J connectivity index is 2.28. The Kier molecular flexibility index (Phi) is 3.61. The molecule has 0 saturated heterocycles. The zero-order chi connectivity index (χ0) is 13.0. The molecule has 0 aliphatic carbocycles. The number of aryl methyl sites for hydroxylation is 1. The normalized spacial score (nSPS) is 9.83. The summed E-state index contributed by atoms with van der Waals surface area (Å²) >= 11 is 0. The van der Waals surface area contributed by atoms with Gasteiger partial charge < -0.3 is 9.84 Å². The van der Waals surface area contributed by atoms with E-state index in [0.717, 1.165) is 11.3 Å². The summed E-state index contributed by atoms with van der Waals surface area (Å²) in [5.74, 6) is 1.32. The van der Waals surface area contributed by atoms with Crippen LogP contribution in [0.4, 0.5) is 0 Å². The summed E-state index contributed by atoms with van der Waals surface area (Å²) in [6.45, 7) is 1.84. The largest absolute Gasteiger partial charge is 0.457 e. The summed E-state index contributed by atoms with van der Waals surface area (Å²) in [6.07, 6.45) is 0. The minimum absolute atomic E-state index is 0.145. The van der Waals surface area contributed by atoms with Crippen molar-refractivity contribution in [2.45, 2.75) is 13.5 Å². The van der Waals surface area contributed by atoms with Crippen LogP contribution in [0.25, 0.3) is 0 Å². The quantitative estimate of drug-likeness (QED) is 0.895. The third-order valence-electron chi connectivity index (χ3n) is 2.60. The molecule has 90 valence electrons. The molecule has 2 aromatic carbocycles. The molecule has 0 aliphatic rings. The lowest BCUT2D eigenvalue weighted by Gasteiger charge is -2.08. The van der Waals surface area contributed by atoms with Crippen molar-refractivity contribution in [1.82, 2.24) is 0 Å². The van der Waals surface area contributed by atoms with Crippen LogP contribution >= 0.6 is 0 Å². The third kappa shape index (κ3) is 2.68. The summed E-state index contributed by atoms with van der Waals surface area (Å²) in [6, 6.07) is 14.8. The summed E-state index contributed by atoms with van der Waals surface area (Å²) in [4.78, 5) is 0. The zero-order valence-electron chi connectivity index (χ0n) is 10.1. The number of nitrogens with zero attached hydrogens (tertiary/aromatic N) is 1. The number of aliphatic hydroxyl groups is 1. The molecule has 2 aromatic rings. The number of hydrogen-bond acceptors (Lipinski definition) is 3. The molecule has 0 heterocycles. The Morgan fingerprint density at radius 1 is 1.17 bits per heavy atom. The first-order valence-electron chi connectivity index (χ1n) is 5.61. The fraction of sp³-hybridized carbons (Fsp3) is 0.133. The number of aliphatic hydroxyl groups excluding tert-OH is 1.